The minimum absolute atomic E-state index is 0.594. The number of fused-ring (bicyclic) bond motifs is 9. The van der Waals surface area contributed by atoms with Crippen molar-refractivity contribution in [2.75, 3.05) is 0 Å². The molecule has 0 atom stereocenters. The molecule has 0 aliphatic rings. The van der Waals surface area contributed by atoms with E-state index >= 15 is 0 Å². The smallest absolute Gasteiger partial charge is 0.165 e. The van der Waals surface area contributed by atoms with Crippen molar-refractivity contribution >= 4 is 75.4 Å². The van der Waals surface area contributed by atoms with E-state index in [-0.39, 0.29) is 0 Å². The van der Waals surface area contributed by atoms with Crippen LogP contribution in [0.15, 0.2) is 156 Å². The minimum atomic E-state index is 0.594. The SMILES string of the molecule is c1ccc(-c2nc(-c3ccc4c(c3)oc3cc(-n5c6ccccc6c6cccnc65)ccc34)nc(-c3cccc4c3sc3ccccc34)n2)cc1. The lowest BCUT2D eigenvalue weighted by Gasteiger charge is -2.09. The van der Waals surface area contributed by atoms with Gasteiger partial charge in [-0.3, -0.25) is 4.57 Å². The molecule has 0 bridgehead atoms. The van der Waals surface area contributed by atoms with E-state index in [4.69, 9.17) is 24.4 Å². The number of hydrogen-bond acceptors (Lipinski definition) is 6. The van der Waals surface area contributed by atoms with Gasteiger partial charge in [-0.25, -0.2) is 19.9 Å². The first kappa shape index (κ1) is 28.2. The van der Waals surface area contributed by atoms with E-state index in [1.165, 1.54) is 20.9 Å². The summed E-state index contributed by atoms with van der Waals surface area (Å²) in [6.45, 7) is 0. The fourth-order valence-corrected chi connectivity index (χ4v) is 8.58. The third-order valence-electron chi connectivity index (χ3n) is 9.72. The van der Waals surface area contributed by atoms with Crippen molar-refractivity contribution in [3.05, 3.63) is 152 Å². The van der Waals surface area contributed by atoms with Crippen LogP contribution >= 0.6 is 11.3 Å². The Hall–Kier alpha value is -6.70. The number of nitrogens with zero attached hydrogens (tertiary/aromatic N) is 5. The summed E-state index contributed by atoms with van der Waals surface area (Å²) >= 11 is 1.77. The summed E-state index contributed by atoms with van der Waals surface area (Å²) in [6.07, 6.45) is 1.84. The Morgan fingerprint density at radius 2 is 1.20 bits per heavy atom. The van der Waals surface area contributed by atoms with Gasteiger partial charge >= 0.3 is 0 Å². The van der Waals surface area contributed by atoms with Gasteiger partial charge in [0.1, 0.15) is 16.8 Å². The molecule has 6 aromatic carbocycles. The largest absolute Gasteiger partial charge is 0.456 e. The number of aromatic nitrogens is 5. The lowest BCUT2D eigenvalue weighted by atomic mass is 10.1. The maximum absolute atomic E-state index is 6.60. The normalized spacial score (nSPS) is 11.9. The molecule has 0 aliphatic heterocycles. The average Bonchev–Trinajstić information content (AvgIpc) is 3.87. The van der Waals surface area contributed by atoms with Crippen molar-refractivity contribution < 1.29 is 4.42 Å². The molecule has 0 radical (unpaired) electrons. The van der Waals surface area contributed by atoms with Gasteiger partial charge in [0.15, 0.2) is 17.5 Å². The molecule has 6 nitrogen and oxygen atoms in total. The zero-order valence-corrected chi connectivity index (χ0v) is 27.8. The van der Waals surface area contributed by atoms with E-state index in [1.807, 2.05) is 48.7 Å². The molecule has 11 rings (SSSR count). The fourth-order valence-electron chi connectivity index (χ4n) is 7.37. The standard InChI is InChI=1S/C44H25N5OS/c1-2-10-26(11-3-1)41-46-42(48-43(47-41)35-15-8-14-33-32-13-5-7-18-39(32)51-40(33)35)27-19-21-30-31-22-20-28(25-38(31)50-37(30)24-27)49-36-17-6-4-12-29(36)34-16-9-23-45-44(34)49/h1-25H. The molecule has 51 heavy (non-hydrogen) atoms. The van der Waals surface area contributed by atoms with Crippen LogP contribution in [0, 0.1) is 0 Å². The lowest BCUT2D eigenvalue weighted by molar-refractivity contribution is 0.668. The third kappa shape index (κ3) is 4.35. The van der Waals surface area contributed by atoms with Gasteiger partial charge in [-0.15, -0.1) is 11.3 Å². The van der Waals surface area contributed by atoms with Gasteiger partial charge in [0, 0.05) is 70.7 Å². The van der Waals surface area contributed by atoms with E-state index in [9.17, 15) is 0 Å². The molecule has 7 heteroatoms. The molecule has 0 spiro atoms. The molecule has 0 amide bonds. The van der Waals surface area contributed by atoms with Gasteiger partial charge in [0.05, 0.1) is 11.2 Å². The summed E-state index contributed by atoms with van der Waals surface area (Å²) in [5.74, 6) is 1.87. The van der Waals surface area contributed by atoms with Crippen LogP contribution in [0.4, 0.5) is 0 Å². The molecule has 0 fully saturated rings. The highest BCUT2D eigenvalue weighted by Crippen LogP contribution is 2.40. The monoisotopic (exact) mass is 671 g/mol. The third-order valence-corrected chi connectivity index (χ3v) is 10.9. The zero-order chi connectivity index (χ0) is 33.5. The van der Waals surface area contributed by atoms with Crippen LogP contribution in [0.2, 0.25) is 0 Å². The molecule has 0 unspecified atom stereocenters. The highest BCUT2D eigenvalue weighted by molar-refractivity contribution is 7.26. The molecule has 0 aliphatic carbocycles. The van der Waals surface area contributed by atoms with Crippen molar-refractivity contribution in [1.82, 2.24) is 24.5 Å². The van der Waals surface area contributed by atoms with Crippen LogP contribution in [0.25, 0.3) is 104 Å². The average molecular weight is 672 g/mol. The van der Waals surface area contributed by atoms with Crippen molar-refractivity contribution in [1.29, 1.82) is 0 Å². The summed E-state index contributed by atoms with van der Waals surface area (Å²) in [7, 11) is 0. The Labute approximate surface area is 294 Å². The summed E-state index contributed by atoms with van der Waals surface area (Å²) in [6, 6.07) is 50.2. The van der Waals surface area contributed by atoms with Crippen LogP contribution in [-0.4, -0.2) is 24.5 Å². The van der Waals surface area contributed by atoms with Crippen LogP contribution in [0.5, 0.6) is 0 Å². The second-order valence-corrected chi connectivity index (χ2v) is 13.7. The zero-order valence-electron chi connectivity index (χ0n) is 27.0. The van der Waals surface area contributed by atoms with E-state index in [1.54, 1.807) is 11.3 Å². The quantitative estimate of drug-likeness (QED) is 0.186. The van der Waals surface area contributed by atoms with Crippen molar-refractivity contribution in [3.63, 3.8) is 0 Å². The van der Waals surface area contributed by atoms with Crippen LogP contribution in [-0.2, 0) is 0 Å². The molecule has 238 valence electrons. The maximum Gasteiger partial charge on any atom is 0.165 e. The lowest BCUT2D eigenvalue weighted by Crippen LogP contribution is -2.00. The van der Waals surface area contributed by atoms with E-state index in [0.717, 1.165) is 65.6 Å². The molecule has 0 saturated carbocycles. The van der Waals surface area contributed by atoms with E-state index in [2.05, 4.69) is 108 Å². The van der Waals surface area contributed by atoms with E-state index in [0.29, 0.717) is 17.5 Å². The number of hydrogen-bond donors (Lipinski definition) is 0. The topological polar surface area (TPSA) is 69.6 Å². The van der Waals surface area contributed by atoms with Gasteiger partial charge in [0.25, 0.3) is 0 Å². The summed E-state index contributed by atoms with van der Waals surface area (Å²) in [5, 5.41) is 6.82. The Kier molecular flexibility index (Phi) is 6.02. The molecule has 11 aromatic rings. The van der Waals surface area contributed by atoms with Gasteiger partial charge in [-0.1, -0.05) is 84.9 Å². The number of pyridine rings is 1. The predicted molar refractivity (Wildman–Crippen MR) is 208 cm³/mol. The Morgan fingerprint density at radius 3 is 2.10 bits per heavy atom. The Bertz CT molecular complexity index is 3100. The summed E-state index contributed by atoms with van der Waals surface area (Å²) in [5.41, 5.74) is 7.38. The molecule has 5 aromatic heterocycles. The molecule has 5 heterocycles. The number of para-hydroxylation sites is 1. The van der Waals surface area contributed by atoms with Crippen molar-refractivity contribution in [3.8, 4) is 39.9 Å². The number of furan rings is 1. The van der Waals surface area contributed by atoms with Gasteiger partial charge in [0.2, 0.25) is 0 Å². The molecule has 0 N–H and O–H groups in total. The molecular weight excluding hydrogens is 647 g/mol. The summed E-state index contributed by atoms with van der Waals surface area (Å²) < 4.78 is 11.2. The molecule has 0 saturated heterocycles. The van der Waals surface area contributed by atoms with Crippen LogP contribution < -0.4 is 0 Å². The second kappa shape index (κ2) is 10.9. The first-order valence-electron chi connectivity index (χ1n) is 16.8. The Morgan fingerprint density at radius 1 is 0.490 bits per heavy atom. The Balaban J connectivity index is 1.08. The minimum Gasteiger partial charge on any atom is -0.456 e. The highest BCUT2D eigenvalue weighted by Gasteiger charge is 2.19. The summed E-state index contributed by atoms with van der Waals surface area (Å²) in [4.78, 5) is 19.9. The second-order valence-electron chi connectivity index (χ2n) is 12.7. The van der Waals surface area contributed by atoms with E-state index < -0.39 is 0 Å². The van der Waals surface area contributed by atoms with Crippen LogP contribution in [0.3, 0.4) is 0 Å². The number of thiophene rings is 1. The first-order valence-corrected chi connectivity index (χ1v) is 17.6. The van der Waals surface area contributed by atoms with Crippen LogP contribution in [0.1, 0.15) is 0 Å². The van der Waals surface area contributed by atoms with Crippen molar-refractivity contribution in [2.24, 2.45) is 0 Å². The van der Waals surface area contributed by atoms with Gasteiger partial charge in [-0.2, -0.15) is 0 Å². The van der Waals surface area contributed by atoms with Crippen molar-refractivity contribution in [2.45, 2.75) is 0 Å². The molecular formula is C44H25N5OS. The number of benzene rings is 6. The fraction of sp³-hybridized carbons (Fsp3) is 0. The number of rotatable bonds is 4. The van der Waals surface area contributed by atoms with Gasteiger partial charge in [-0.05, 0) is 54.6 Å². The van der Waals surface area contributed by atoms with Gasteiger partial charge < -0.3 is 4.42 Å². The first-order chi connectivity index (χ1) is 25.3. The maximum atomic E-state index is 6.60. The predicted octanol–water partition coefficient (Wildman–Crippen LogP) is 11.6. The highest BCUT2D eigenvalue weighted by atomic mass is 32.1.